The summed E-state index contributed by atoms with van der Waals surface area (Å²) in [4.78, 5) is 21.0. The minimum absolute atomic E-state index is 0.167. The number of pyridine rings is 1. The Morgan fingerprint density at radius 2 is 1.67 bits per heavy atom. The summed E-state index contributed by atoms with van der Waals surface area (Å²) in [5.41, 5.74) is 4.49. The standard InChI is InChI=1S/C27H31N3O2S/c1-3-17-29-27(24-15-10-18-28-21(24)2)26(20-31)33(32)30-19-16-25(22-11-6-4-7-12-22)23-13-8-5-9-14-23/h4-15,18,20,25-26,30H,3,16-17,19H2,1-2H3. The number of aryl methyl sites for hydroxylation is 1. The van der Waals surface area contributed by atoms with Crippen LogP contribution in [0.15, 0.2) is 84.0 Å². The lowest BCUT2D eigenvalue weighted by molar-refractivity contribution is -0.106. The zero-order valence-electron chi connectivity index (χ0n) is 19.2. The number of aliphatic imine (C=N–C) groups is 1. The van der Waals surface area contributed by atoms with Gasteiger partial charge in [-0.25, -0.2) is 8.93 Å². The molecule has 0 aliphatic carbocycles. The summed E-state index contributed by atoms with van der Waals surface area (Å²) < 4.78 is 16.3. The number of aldehydes is 1. The third-order valence-electron chi connectivity index (χ3n) is 5.49. The number of hydrogen-bond donors (Lipinski definition) is 1. The molecule has 1 N–H and O–H groups in total. The molecule has 172 valence electrons. The summed E-state index contributed by atoms with van der Waals surface area (Å²) in [6.07, 6.45) is 4.02. The topological polar surface area (TPSA) is 71.4 Å². The van der Waals surface area contributed by atoms with Gasteiger partial charge in [-0.05, 0) is 43.0 Å². The Bertz CT molecular complexity index is 1030. The van der Waals surface area contributed by atoms with Crippen LogP contribution in [0.1, 0.15) is 48.1 Å². The molecular formula is C27H31N3O2S. The van der Waals surface area contributed by atoms with Crippen molar-refractivity contribution in [3.05, 3.63) is 101 Å². The van der Waals surface area contributed by atoms with Crippen LogP contribution >= 0.6 is 0 Å². The number of carbonyl (C=O) groups is 1. The van der Waals surface area contributed by atoms with E-state index in [1.165, 1.54) is 11.1 Å². The Kier molecular flexibility index (Phi) is 9.66. The maximum atomic E-state index is 13.2. The van der Waals surface area contributed by atoms with Crippen molar-refractivity contribution >= 4 is 23.0 Å². The number of carbonyl (C=O) groups excluding carboxylic acids is 1. The summed E-state index contributed by atoms with van der Waals surface area (Å²) in [7, 11) is -1.61. The molecule has 0 radical (unpaired) electrons. The highest BCUT2D eigenvalue weighted by Crippen LogP contribution is 2.27. The molecule has 3 rings (SSSR count). The second-order valence-corrected chi connectivity index (χ2v) is 9.21. The van der Waals surface area contributed by atoms with Crippen LogP contribution in [0.2, 0.25) is 0 Å². The van der Waals surface area contributed by atoms with Crippen LogP contribution in [0.4, 0.5) is 0 Å². The molecule has 0 saturated carbocycles. The van der Waals surface area contributed by atoms with Crippen molar-refractivity contribution in [2.75, 3.05) is 13.1 Å². The van der Waals surface area contributed by atoms with Gasteiger partial charge >= 0.3 is 0 Å². The van der Waals surface area contributed by atoms with E-state index in [1.54, 1.807) is 6.20 Å². The van der Waals surface area contributed by atoms with Crippen molar-refractivity contribution in [3.63, 3.8) is 0 Å². The first kappa shape index (κ1) is 24.7. The molecular weight excluding hydrogens is 430 g/mol. The third kappa shape index (κ3) is 6.76. The largest absolute Gasteiger partial charge is 0.302 e. The molecule has 33 heavy (non-hydrogen) atoms. The smallest absolute Gasteiger partial charge is 0.147 e. The molecule has 2 atom stereocenters. The van der Waals surface area contributed by atoms with Crippen LogP contribution in [-0.2, 0) is 15.8 Å². The first-order valence-corrected chi connectivity index (χ1v) is 12.5. The van der Waals surface area contributed by atoms with Gasteiger partial charge in [0.2, 0.25) is 0 Å². The van der Waals surface area contributed by atoms with E-state index in [4.69, 9.17) is 0 Å². The Morgan fingerprint density at radius 3 is 2.21 bits per heavy atom. The number of rotatable bonds is 12. The van der Waals surface area contributed by atoms with Crippen molar-refractivity contribution in [2.24, 2.45) is 4.99 Å². The lowest BCUT2D eigenvalue weighted by Gasteiger charge is -2.20. The number of nitrogens with zero attached hydrogens (tertiary/aromatic N) is 2. The maximum Gasteiger partial charge on any atom is 0.147 e. The van der Waals surface area contributed by atoms with Crippen molar-refractivity contribution in [2.45, 2.75) is 37.9 Å². The fraction of sp³-hybridized carbons (Fsp3) is 0.296. The predicted molar refractivity (Wildman–Crippen MR) is 136 cm³/mol. The molecule has 0 amide bonds. The van der Waals surface area contributed by atoms with Gasteiger partial charge in [-0.2, -0.15) is 0 Å². The first-order valence-electron chi connectivity index (χ1n) is 11.3. The zero-order valence-corrected chi connectivity index (χ0v) is 20.0. The Hall–Kier alpha value is -2.96. The molecule has 2 aromatic carbocycles. The quantitative estimate of drug-likeness (QED) is 0.316. The van der Waals surface area contributed by atoms with Crippen LogP contribution in [0.3, 0.4) is 0 Å². The molecule has 0 aliphatic rings. The molecule has 0 fully saturated rings. The van der Waals surface area contributed by atoms with Crippen LogP contribution < -0.4 is 4.72 Å². The normalized spacial score (nSPS) is 13.6. The van der Waals surface area contributed by atoms with Gasteiger partial charge < -0.3 is 4.79 Å². The molecule has 1 heterocycles. The van der Waals surface area contributed by atoms with E-state index in [2.05, 4.69) is 39.0 Å². The van der Waals surface area contributed by atoms with Gasteiger partial charge in [0.25, 0.3) is 0 Å². The molecule has 0 aliphatic heterocycles. The Balaban J connectivity index is 1.75. The summed E-state index contributed by atoms with van der Waals surface area (Å²) >= 11 is 0. The van der Waals surface area contributed by atoms with Gasteiger partial charge in [0.15, 0.2) is 0 Å². The van der Waals surface area contributed by atoms with Crippen LogP contribution in [0, 0.1) is 6.92 Å². The highest BCUT2D eigenvalue weighted by molar-refractivity contribution is 7.85. The minimum atomic E-state index is -1.61. The SMILES string of the molecule is CCCN=C(c1cccnc1C)C(C=O)S(=O)NCCC(c1ccccc1)c1ccccc1. The number of benzene rings is 2. The van der Waals surface area contributed by atoms with Crippen molar-refractivity contribution < 1.29 is 9.00 Å². The highest BCUT2D eigenvalue weighted by Gasteiger charge is 2.25. The second kappa shape index (κ2) is 12.9. The van der Waals surface area contributed by atoms with Crippen LogP contribution in [0.5, 0.6) is 0 Å². The van der Waals surface area contributed by atoms with Gasteiger partial charge in [0, 0.05) is 36.5 Å². The first-order chi connectivity index (χ1) is 16.2. The molecule has 1 aromatic heterocycles. The van der Waals surface area contributed by atoms with Gasteiger partial charge in [0.05, 0.1) is 5.71 Å². The van der Waals surface area contributed by atoms with Gasteiger partial charge in [0.1, 0.15) is 22.5 Å². The lowest BCUT2D eigenvalue weighted by atomic mass is 9.89. The summed E-state index contributed by atoms with van der Waals surface area (Å²) in [6, 6.07) is 24.3. The fourth-order valence-electron chi connectivity index (χ4n) is 3.82. The van der Waals surface area contributed by atoms with E-state index in [9.17, 15) is 9.00 Å². The van der Waals surface area contributed by atoms with E-state index in [0.717, 1.165) is 30.4 Å². The molecule has 2 unspecified atom stereocenters. The lowest BCUT2D eigenvalue weighted by Crippen LogP contribution is -2.37. The monoisotopic (exact) mass is 461 g/mol. The highest BCUT2D eigenvalue weighted by atomic mass is 32.2. The fourth-order valence-corrected chi connectivity index (χ4v) is 4.83. The zero-order chi connectivity index (χ0) is 23.5. The van der Waals surface area contributed by atoms with Crippen molar-refractivity contribution in [3.8, 4) is 0 Å². The van der Waals surface area contributed by atoms with Gasteiger partial charge in [-0.15, -0.1) is 0 Å². The van der Waals surface area contributed by atoms with Crippen molar-refractivity contribution in [1.82, 2.24) is 9.71 Å². The van der Waals surface area contributed by atoms with E-state index >= 15 is 0 Å². The van der Waals surface area contributed by atoms with Crippen LogP contribution in [-0.4, -0.2) is 39.5 Å². The van der Waals surface area contributed by atoms with E-state index in [0.29, 0.717) is 18.8 Å². The van der Waals surface area contributed by atoms with Gasteiger partial charge in [-0.1, -0.05) is 67.6 Å². The third-order valence-corrected chi connectivity index (χ3v) is 6.78. The van der Waals surface area contributed by atoms with E-state index in [1.807, 2.05) is 62.4 Å². The van der Waals surface area contributed by atoms with E-state index < -0.39 is 16.2 Å². The second-order valence-electron chi connectivity index (χ2n) is 7.81. The van der Waals surface area contributed by atoms with Crippen LogP contribution in [0.25, 0.3) is 0 Å². The average molecular weight is 462 g/mol. The van der Waals surface area contributed by atoms with E-state index in [-0.39, 0.29) is 5.92 Å². The summed E-state index contributed by atoms with van der Waals surface area (Å²) in [6.45, 7) is 4.96. The summed E-state index contributed by atoms with van der Waals surface area (Å²) in [5, 5.41) is -0.855. The molecule has 0 saturated heterocycles. The average Bonchev–Trinajstić information content (AvgIpc) is 2.86. The molecule has 0 spiro atoms. The molecule has 3 aromatic rings. The number of aromatic nitrogens is 1. The van der Waals surface area contributed by atoms with Crippen molar-refractivity contribution in [1.29, 1.82) is 0 Å². The Labute approximate surface area is 199 Å². The van der Waals surface area contributed by atoms with Gasteiger partial charge in [-0.3, -0.25) is 9.98 Å². The summed E-state index contributed by atoms with van der Waals surface area (Å²) in [5.74, 6) is 0.167. The molecule has 6 heteroatoms. The maximum absolute atomic E-state index is 13.2. The number of nitrogens with one attached hydrogen (secondary N) is 1. The molecule has 0 bridgehead atoms. The Morgan fingerprint density at radius 1 is 1.03 bits per heavy atom. The minimum Gasteiger partial charge on any atom is -0.302 e. The predicted octanol–water partition coefficient (Wildman–Crippen LogP) is 4.63. The number of hydrogen-bond acceptors (Lipinski definition) is 4. The molecule has 5 nitrogen and oxygen atoms in total.